The van der Waals surface area contributed by atoms with Gasteiger partial charge in [0, 0.05) is 18.5 Å². The molecule has 0 N–H and O–H groups in total. The van der Waals surface area contributed by atoms with Gasteiger partial charge in [0.25, 0.3) is 0 Å². The maximum Gasteiger partial charge on any atom is 2.00 e. The summed E-state index contributed by atoms with van der Waals surface area (Å²) in [5, 5.41) is 0. The summed E-state index contributed by atoms with van der Waals surface area (Å²) in [6.07, 6.45) is 10.3. The molecule has 1 aliphatic rings. The van der Waals surface area contributed by atoms with Gasteiger partial charge >= 0.3 is 17.1 Å². The normalized spacial score (nSPS) is 14.9. The molecule has 0 bridgehead atoms. The zero-order valence-electron chi connectivity index (χ0n) is 19.6. The number of hydrogen-bond donors (Lipinski definition) is 0. The number of aromatic nitrogens is 2. The molecule has 1 radical (unpaired) electrons. The van der Waals surface area contributed by atoms with E-state index in [0.29, 0.717) is 6.04 Å². The molecule has 2 heterocycles. The first-order valence-corrected chi connectivity index (χ1v) is 11.3. The van der Waals surface area contributed by atoms with Crippen molar-refractivity contribution in [3.8, 4) is 0 Å². The molecule has 4 nitrogen and oxygen atoms in total. The molecule has 32 heavy (non-hydrogen) atoms. The van der Waals surface area contributed by atoms with E-state index in [-0.39, 0.29) is 22.5 Å². The van der Waals surface area contributed by atoms with E-state index in [4.69, 9.17) is 0 Å². The molecule has 5 heteroatoms. The summed E-state index contributed by atoms with van der Waals surface area (Å²) in [7, 11) is 0. The maximum absolute atomic E-state index is 4.58. The Bertz CT molecular complexity index is 971. The van der Waals surface area contributed by atoms with Gasteiger partial charge in [-0.3, -0.25) is 9.98 Å². The number of aryl methyl sites for hydroxylation is 1. The summed E-state index contributed by atoms with van der Waals surface area (Å²) in [4.78, 5) is 17.9. The van der Waals surface area contributed by atoms with E-state index in [1.54, 1.807) is 0 Å². The van der Waals surface area contributed by atoms with Crippen LogP contribution in [0.5, 0.6) is 0 Å². The number of para-hydroxylation sites is 1. The first-order chi connectivity index (χ1) is 14.9. The summed E-state index contributed by atoms with van der Waals surface area (Å²) in [6, 6.07) is 18.6. The van der Waals surface area contributed by atoms with E-state index in [9.17, 15) is 0 Å². The predicted octanol–water partition coefficient (Wildman–Crippen LogP) is 6.39. The number of benzene rings is 1. The SMILES string of the molecule is CC(C)(C)c1ccc(C=Nc2ccccc2)[n-]1.Cc1ccc(C=NC2CCCCC2)[n-]1.[Cu+2]. The number of aliphatic imine (C=N–C) groups is 2. The summed E-state index contributed by atoms with van der Waals surface area (Å²) in [6.45, 7) is 8.49. The van der Waals surface area contributed by atoms with Crippen LogP contribution < -0.4 is 9.97 Å². The minimum atomic E-state index is 0. The van der Waals surface area contributed by atoms with Crippen LogP contribution in [0.2, 0.25) is 0 Å². The zero-order chi connectivity index (χ0) is 22.1. The molecular weight excluding hydrogens is 444 g/mol. The second kappa shape index (κ2) is 12.6. The van der Waals surface area contributed by atoms with E-state index in [1.165, 1.54) is 32.1 Å². The van der Waals surface area contributed by atoms with Crippen LogP contribution in [0.3, 0.4) is 0 Å². The quantitative estimate of drug-likeness (QED) is 0.322. The summed E-state index contributed by atoms with van der Waals surface area (Å²) >= 11 is 0. The summed E-state index contributed by atoms with van der Waals surface area (Å²) in [5.41, 5.74) is 5.15. The molecule has 1 aromatic carbocycles. The van der Waals surface area contributed by atoms with E-state index in [1.807, 2.05) is 67.9 Å². The van der Waals surface area contributed by atoms with Crippen molar-refractivity contribution in [1.82, 2.24) is 9.97 Å². The van der Waals surface area contributed by atoms with Crippen LogP contribution in [0.25, 0.3) is 0 Å². The van der Waals surface area contributed by atoms with Crippen LogP contribution in [0, 0.1) is 6.92 Å². The molecule has 0 amide bonds. The summed E-state index contributed by atoms with van der Waals surface area (Å²) in [5.74, 6) is 0. The van der Waals surface area contributed by atoms with Gasteiger partial charge in [0.1, 0.15) is 0 Å². The van der Waals surface area contributed by atoms with E-state index in [0.717, 1.165) is 28.5 Å². The Balaban J connectivity index is 0.000000224. The molecule has 0 aliphatic heterocycles. The monoisotopic (exact) mass is 477 g/mol. The predicted molar refractivity (Wildman–Crippen MR) is 131 cm³/mol. The second-order valence-corrected chi connectivity index (χ2v) is 9.18. The van der Waals surface area contributed by atoms with Gasteiger partial charge in [0.2, 0.25) is 0 Å². The molecule has 173 valence electrons. The maximum atomic E-state index is 4.58. The molecular formula is C27H34CuN4. The summed E-state index contributed by atoms with van der Waals surface area (Å²) < 4.78 is 0. The van der Waals surface area contributed by atoms with E-state index >= 15 is 0 Å². The molecule has 2 aromatic heterocycles. The van der Waals surface area contributed by atoms with Crippen LogP contribution in [0.4, 0.5) is 5.69 Å². The van der Waals surface area contributed by atoms with Gasteiger partial charge in [-0.05, 0) is 30.4 Å². The standard InChI is InChI=1S/C15H17N2.C12H17N2.Cu/c1-15(2,3)14-10-9-13(17-14)11-16-12-7-5-4-6-8-12;1-10-7-8-12(14-10)9-13-11-5-3-2-4-6-11;/h4-11H,1-3H3;7-9,11H,2-6H2,1H3;/q2*-1;+2. The first-order valence-electron chi connectivity index (χ1n) is 11.3. The minimum absolute atomic E-state index is 0. The molecule has 0 saturated heterocycles. The van der Waals surface area contributed by atoms with Crippen molar-refractivity contribution in [2.75, 3.05) is 0 Å². The third kappa shape index (κ3) is 8.64. The van der Waals surface area contributed by atoms with Crippen LogP contribution in [0.1, 0.15) is 75.7 Å². The van der Waals surface area contributed by atoms with Gasteiger partial charge < -0.3 is 9.97 Å². The molecule has 4 rings (SSSR count). The van der Waals surface area contributed by atoms with Crippen molar-refractivity contribution in [2.45, 2.75) is 71.3 Å². The van der Waals surface area contributed by atoms with E-state index < -0.39 is 0 Å². The van der Waals surface area contributed by atoms with Gasteiger partial charge in [-0.15, -0.1) is 11.4 Å². The average molecular weight is 478 g/mol. The Morgan fingerprint density at radius 1 is 0.812 bits per heavy atom. The molecule has 0 unspecified atom stereocenters. The van der Waals surface area contributed by atoms with Crippen LogP contribution >= 0.6 is 0 Å². The molecule has 1 saturated carbocycles. The average Bonchev–Trinajstić information content (AvgIpc) is 3.42. The van der Waals surface area contributed by atoms with Crippen molar-refractivity contribution in [2.24, 2.45) is 9.98 Å². The smallest absolute Gasteiger partial charge is 0.660 e. The van der Waals surface area contributed by atoms with Gasteiger partial charge in [-0.25, -0.2) is 0 Å². The number of rotatable bonds is 4. The number of hydrogen-bond acceptors (Lipinski definition) is 2. The topological polar surface area (TPSA) is 52.9 Å². The zero-order valence-corrected chi connectivity index (χ0v) is 20.5. The van der Waals surface area contributed by atoms with Crippen LogP contribution in [-0.4, -0.2) is 18.5 Å². The third-order valence-electron chi connectivity index (χ3n) is 5.33. The Hall–Kier alpha value is -2.36. The fraction of sp³-hybridized carbons (Fsp3) is 0.407. The minimum Gasteiger partial charge on any atom is -0.660 e. The van der Waals surface area contributed by atoms with Gasteiger partial charge in [-0.2, -0.15) is 11.4 Å². The Labute approximate surface area is 203 Å². The molecule has 1 aliphatic carbocycles. The Morgan fingerprint density at radius 2 is 1.47 bits per heavy atom. The number of nitrogens with zero attached hydrogens (tertiary/aromatic N) is 4. The van der Waals surface area contributed by atoms with Crippen LogP contribution in [-0.2, 0) is 22.5 Å². The van der Waals surface area contributed by atoms with Crippen molar-refractivity contribution in [3.05, 3.63) is 77.4 Å². The van der Waals surface area contributed by atoms with Crippen molar-refractivity contribution in [1.29, 1.82) is 0 Å². The first kappa shape index (κ1) is 25.9. The fourth-order valence-electron chi connectivity index (χ4n) is 3.49. The Kier molecular flexibility index (Phi) is 10.2. The van der Waals surface area contributed by atoms with Gasteiger partial charge in [0.15, 0.2) is 0 Å². The molecule has 3 aromatic rings. The van der Waals surface area contributed by atoms with Gasteiger partial charge in [0.05, 0.1) is 5.69 Å². The third-order valence-corrected chi connectivity index (χ3v) is 5.33. The van der Waals surface area contributed by atoms with Crippen molar-refractivity contribution < 1.29 is 17.1 Å². The molecule has 0 spiro atoms. The van der Waals surface area contributed by atoms with Gasteiger partial charge in [-0.1, -0.05) is 89.4 Å². The van der Waals surface area contributed by atoms with E-state index in [2.05, 4.69) is 46.8 Å². The van der Waals surface area contributed by atoms with Crippen molar-refractivity contribution in [3.63, 3.8) is 0 Å². The molecule has 1 fully saturated rings. The largest absolute Gasteiger partial charge is 2.00 e. The second-order valence-electron chi connectivity index (χ2n) is 9.18. The molecule has 0 atom stereocenters. The fourth-order valence-corrected chi connectivity index (χ4v) is 3.49. The van der Waals surface area contributed by atoms with Crippen LogP contribution in [0.15, 0.2) is 64.6 Å². The van der Waals surface area contributed by atoms with Crippen molar-refractivity contribution >= 4 is 18.1 Å². The Morgan fingerprint density at radius 3 is 2.06 bits per heavy atom.